The van der Waals surface area contributed by atoms with Crippen LogP contribution in [-0.2, 0) is 11.0 Å². The van der Waals surface area contributed by atoms with Crippen LogP contribution in [0.1, 0.15) is 52.2 Å². The fourth-order valence-electron chi connectivity index (χ4n) is 3.77. The fourth-order valence-corrected chi connectivity index (χ4v) is 4.39. The maximum absolute atomic E-state index is 13.8. The summed E-state index contributed by atoms with van der Waals surface area (Å²) in [4.78, 5) is 25.0. The Labute approximate surface area is 241 Å². The summed E-state index contributed by atoms with van der Waals surface area (Å²) in [7, 11) is 0. The summed E-state index contributed by atoms with van der Waals surface area (Å²) in [5.41, 5.74) is -4.89. The molecule has 2 aromatic carbocycles. The van der Waals surface area contributed by atoms with Crippen LogP contribution < -0.4 is 10.6 Å². The molecule has 0 spiro atoms. The zero-order valence-corrected chi connectivity index (χ0v) is 22.6. The van der Waals surface area contributed by atoms with Crippen molar-refractivity contribution in [1.82, 2.24) is 10.6 Å². The topological polar surface area (TPSA) is 58.2 Å². The average molecular weight is 656 g/mol. The summed E-state index contributed by atoms with van der Waals surface area (Å²) >= 11 is 17.4. The Morgan fingerprint density at radius 2 is 1.51 bits per heavy atom. The van der Waals surface area contributed by atoms with Crippen LogP contribution in [0.15, 0.2) is 36.4 Å². The van der Waals surface area contributed by atoms with Crippen LogP contribution >= 0.6 is 34.8 Å². The first-order chi connectivity index (χ1) is 18.7. The summed E-state index contributed by atoms with van der Waals surface area (Å²) in [5.74, 6) is -4.66. The van der Waals surface area contributed by atoms with Crippen LogP contribution in [0.4, 0.5) is 39.5 Å². The molecule has 41 heavy (non-hydrogen) atoms. The van der Waals surface area contributed by atoms with Gasteiger partial charge in [0.2, 0.25) is 5.91 Å². The van der Waals surface area contributed by atoms with Crippen molar-refractivity contribution in [2.24, 2.45) is 0 Å². The molecular formula is C25H18Cl3F9N2O2. The summed E-state index contributed by atoms with van der Waals surface area (Å²) in [6.45, 7) is -0.790. The Kier molecular flexibility index (Phi) is 9.56. The average Bonchev–Trinajstić information content (AvgIpc) is 3.60. The number of rotatable bonds is 8. The van der Waals surface area contributed by atoms with Gasteiger partial charge in [-0.05, 0) is 48.2 Å². The highest BCUT2D eigenvalue weighted by Crippen LogP contribution is 2.42. The second-order valence-electron chi connectivity index (χ2n) is 9.14. The van der Waals surface area contributed by atoms with Crippen molar-refractivity contribution in [2.45, 2.75) is 49.2 Å². The molecular weight excluding hydrogens is 638 g/mol. The van der Waals surface area contributed by atoms with Gasteiger partial charge < -0.3 is 10.6 Å². The van der Waals surface area contributed by atoms with Gasteiger partial charge in [-0.25, -0.2) is 0 Å². The van der Waals surface area contributed by atoms with Crippen LogP contribution in [-0.4, -0.2) is 36.3 Å². The van der Waals surface area contributed by atoms with E-state index in [4.69, 9.17) is 34.8 Å². The number of carbonyl (C=O) groups is 2. The molecule has 4 nitrogen and oxygen atoms in total. The summed E-state index contributed by atoms with van der Waals surface area (Å²) < 4.78 is 120. The van der Waals surface area contributed by atoms with E-state index < -0.39 is 71.5 Å². The van der Waals surface area contributed by atoms with Gasteiger partial charge in [0.05, 0.1) is 38.5 Å². The van der Waals surface area contributed by atoms with Crippen molar-refractivity contribution < 1.29 is 49.1 Å². The number of benzene rings is 2. The Balaban J connectivity index is 1.86. The van der Waals surface area contributed by atoms with E-state index >= 15 is 0 Å². The predicted molar refractivity (Wildman–Crippen MR) is 134 cm³/mol. The Morgan fingerprint density at radius 3 is 2.00 bits per heavy atom. The van der Waals surface area contributed by atoms with E-state index in [1.807, 2.05) is 5.32 Å². The lowest BCUT2D eigenvalue weighted by atomic mass is 9.96. The standard InChI is InChI=1S/C25H18Cl3F9N2O2/c26-17-10-13(11-18(27)19(17)28)15(24(32,33)34)4-2-12-1-3-14(16(9-12)25(35,36)37)20(40)39-22(5-6-22)21(41)38-8-7-23(29,30)31/h1-4,9-11,15H,5-8H2,(H,38,41)(H,39,40). The molecule has 0 aromatic heterocycles. The lowest BCUT2D eigenvalue weighted by molar-refractivity contribution is -0.140. The fraction of sp³-hybridized carbons (Fsp3) is 0.360. The SMILES string of the molecule is O=C(NC1(C(=O)NCCC(F)(F)F)CC1)c1ccc(C=CC(c2cc(Cl)c(Cl)c(Cl)c2)C(F)(F)F)cc1C(F)(F)F. The van der Waals surface area contributed by atoms with Gasteiger partial charge in [0, 0.05) is 6.54 Å². The van der Waals surface area contributed by atoms with Crippen molar-refractivity contribution >= 4 is 52.7 Å². The molecule has 3 rings (SSSR count). The third-order valence-corrected chi connectivity index (χ3v) is 7.22. The minimum absolute atomic E-state index is 0.0175. The van der Waals surface area contributed by atoms with Gasteiger partial charge in [-0.2, -0.15) is 39.5 Å². The second-order valence-corrected chi connectivity index (χ2v) is 10.3. The molecule has 2 N–H and O–H groups in total. The molecule has 0 radical (unpaired) electrons. The Morgan fingerprint density at radius 1 is 0.927 bits per heavy atom. The van der Waals surface area contributed by atoms with Gasteiger partial charge in [0.15, 0.2) is 0 Å². The molecule has 1 fully saturated rings. The number of alkyl halides is 9. The molecule has 1 saturated carbocycles. The highest BCUT2D eigenvalue weighted by Gasteiger charge is 2.52. The van der Waals surface area contributed by atoms with Crippen molar-refractivity contribution in [2.75, 3.05) is 6.54 Å². The summed E-state index contributed by atoms with van der Waals surface area (Å²) in [6.07, 6.45) is -14.6. The third kappa shape index (κ3) is 8.45. The molecule has 2 aromatic rings. The maximum atomic E-state index is 13.8. The van der Waals surface area contributed by atoms with E-state index in [0.29, 0.717) is 18.2 Å². The lowest BCUT2D eigenvalue weighted by Crippen LogP contribution is -2.49. The molecule has 2 amide bonds. The number of halogens is 12. The molecule has 0 bridgehead atoms. The van der Waals surface area contributed by atoms with Gasteiger partial charge in [0.25, 0.3) is 5.91 Å². The zero-order valence-electron chi connectivity index (χ0n) is 20.3. The minimum Gasteiger partial charge on any atom is -0.354 e. The molecule has 1 aliphatic carbocycles. The monoisotopic (exact) mass is 654 g/mol. The predicted octanol–water partition coefficient (Wildman–Crippen LogP) is 8.36. The zero-order chi connectivity index (χ0) is 31.0. The molecule has 0 aliphatic heterocycles. The quantitative estimate of drug-likeness (QED) is 0.222. The van der Waals surface area contributed by atoms with Crippen molar-refractivity contribution in [3.05, 3.63) is 73.7 Å². The third-order valence-electron chi connectivity index (χ3n) is 6.02. The van der Waals surface area contributed by atoms with Crippen LogP contribution in [0.25, 0.3) is 6.08 Å². The van der Waals surface area contributed by atoms with Crippen LogP contribution in [0.3, 0.4) is 0 Å². The largest absolute Gasteiger partial charge is 0.417 e. The highest BCUT2D eigenvalue weighted by atomic mass is 35.5. The molecule has 1 aliphatic rings. The first-order valence-corrected chi connectivity index (χ1v) is 12.6. The normalized spacial score (nSPS) is 16.0. The Hall–Kier alpha value is -2.64. The number of allylic oxidation sites excluding steroid dienone is 1. The van der Waals surface area contributed by atoms with Gasteiger partial charge >= 0.3 is 18.5 Å². The summed E-state index contributed by atoms with van der Waals surface area (Å²) in [6, 6.07) is 3.95. The number of carbonyl (C=O) groups excluding carboxylic acids is 2. The number of hydrogen-bond acceptors (Lipinski definition) is 2. The van der Waals surface area contributed by atoms with Crippen LogP contribution in [0.5, 0.6) is 0 Å². The minimum atomic E-state index is -5.14. The van der Waals surface area contributed by atoms with Crippen molar-refractivity contribution in [3.63, 3.8) is 0 Å². The van der Waals surface area contributed by atoms with Crippen molar-refractivity contribution in [1.29, 1.82) is 0 Å². The van der Waals surface area contributed by atoms with E-state index in [1.54, 1.807) is 0 Å². The van der Waals surface area contributed by atoms with Gasteiger partial charge in [-0.3, -0.25) is 9.59 Å². The molecule has 1 atom stereocenters. The summed E-state index contributed by atoms with van der Waals surface area (Å²) in [5, 5.41) is 3.41. The highest BCUT2D eigenvalue weighted by molar-refractivity contribution is 6.48. The molecule has 16 heteroatoms. The van der Waals surface area contributed by atoms with Crippen molar-refractivity contribution in [3.8, 4) is 0 Å². The maximum Gasteiger partial charge on any atom is 0.417 e. The van der Waals surface area contributed by atoms with E-state index in [-0.39, 0.29) is 33.5 Å². The lowest BCUT2D eigenvalue weighted by Gasteiger charge is -2.20. The second kappa shape index (κ2) is 11.9. The van der Waals surface area contributed by atoms with E-state index in [0.717, 1.165) is 24.3 Å². The first-order valence-electron chi connectivity index (χ1n) is 11.5. The molecule has 0 saturated heterocycles. The van der Waals surface area contributed by atoms with Gasteiger partial charge in [0.1, 0.15) is 5.54 Å². The van der Waals surface area contributed by atoms with E-state index in [2.05, 4.69) is 5.32 Å². The Bertz CT molecular complexity index is 1330. The van der Waals surface area contributed by atoms with Crippen LogP contribution in [0, 0.1) is 0 Å². The molecule has 1 unspecified atom stereocenters. The first kappa shape index (κ1) is 32.9. The number of hydrogen-bond donors (Lipinski definition) is 2. The molecule has 0 heterocycles. The van der Waals surface area contributed by atoms with Gasteiger partial charge in [-0.15, -0.1) is 0 Å². The van der Waals surface area contributed by atoms with Gasteiger partial charge in [-0.1, -0.05) is 53.0 Å². The smallest absolute Gasteiger partial charge is 0.354 e. The molecule has 224 valence electrons. The number of amides is 2. The van der Waals surface area contributed by atoms with E-state index in [1.165, 1.54) is 0 Å². The van der Waals surface area contributed by atoms with Crippen LogP contribution in [0.2, 0.25) is 15.1 Å². The van der Waals surface area contributed by atoms with E-state index in [9.17, 15) is 49.1 Å². The number of nitrogens with one attached hydrogen (secondary N) is 2.